The monoisotopic (exact) mass is 284 g/mol. The SMILES string of the molecule is O=C1c2c(ccc3ccnnc23)-c2ccc3ccnnc3c21. The Morgan fingerprint density at radius 1 is 0.636 bits per heavy atom. The number of carbonyl (C=O) groups excluding carboxylic acids is 1. The molecule has 0 fully saturated rings. The molecule has 0 spiro atoms. The van der Waals surface area contributed by atoms with Gasteiger partial charge in [-0.2, -0.15) is 10.2 Å². The minimum atomic E-state index is -0.0535. The number of ketones is 1. The van der Waals surface area contributed by atoms with Crippen LogP contribution in [0.15, 0.2) is 48.8 Å². The summed E-state index contributed by atoms with van der Waals surface area (Å²) in [4.78, 5) is 13.0. The molecule has 5 heteroatoms. The number of fused-ring (bicyclic) bond motifs is 7. The van der Waals surface area contributed by atoms with E-state index in [1.54, 1.807) is 12.4 Å². The lowest BCUT2D eigenvalue weighted by Crippen LogP contribution is -2.00. The smallest absolute Gasteiger partial charge is 0.198 e. The van der Waals surface area contributed by atoms with Crippen molar-refractivity contribution in [3.63, 3.8) is 0 Å². The number of hydrogen-bond donors (Lipinski definition) is 0. The molecule has 0 N–H and O–H groups in total. The van der Waals surface area contributed by atoms with Crippen LogP contribution < -0.4 is 0 Å². The van der Waals surface area contributed by atoms with Crippen LogP contribution in [0.3, 0.4) is 0 Å². The molecule has 2 heterocycles. The van der Waals surface area contributed by atoms with Gasteiger partial charge in [0.1, 0.15) is 11.0 Å². The molecule has 22 heavy (non-hydrogen) atoms. The number of hydrogen-bond acceptors (Lipinski definition) is 5. The second-order valence-corrected chi connectivity index (χ2v) is 5.24. The predicted molar refractivity (Wildman–Crippen MR) is 81.5 cm³/mol. The fraction of sp³-hybridized carbons (Fsp3) is 0. The summed E-state index contributed by atoms with van der Waals surface area (Å²) in [6.45, 7) is 0. The van der Waals surface area contributed by atoms with Crippen molar-refractivity contribution in [2.45, 2.75) is 0 Å². The molecule has 1 aliphatic rings. The molecule has 0 saturated carbocycles. The molecule has 2 aromatic heterocycles. The van der Waals surface area contributed by atoms with Crippen molar-refractivity contribution in [3.8, 4) is 11.1 Å². The molecule has 0 amide bonds. The van der Waals surface area contributed by atoms with E-state index in [2.05, 4.69) is 20.4 Å². The highest BCUT2D eigenvalue weighted by atomic mass is 16.1. The molecule has 0 radical (unpaired) electrons. The van der Waals surface area contributed by atoms with Gasteiger partial charge in [-0.3, -0.25) is 4.79 Å². The van der Waals surface area contributed by atoms with Crippen LogP contribution >= 0.6 is 0 Å². The first kappa shape index (κ1) is 11.4. The molecule has 0 bridgehead atoms. The molecule has 1 aliphatic carbocycles. The Hall–Kier alpha value is -3.21. The molecule has 0 aliphatic heterocycles. The number of benzene rings is 2. The van der Waals surface area contributed by atoms with Gasteiger partial charge in [-0.15, -0.1) is 10.2 Å². The second-order valence-electron chi connectivity index (χ2n) is 5.24. The predicted octanol–water partition coefficient (Wildman–Crippen LogP) is 2.78. The first-order valence-corrected chi connectivity index (χ1v) is 6.88. The van der Waals surface area contributed by atoms with E-state index in [1.165, 1.54) is 0 Å². The molecule has 2 aromatic carbocycles. The van der Waals surface area contributed by atoms with Crippen LogP contribution in [0, 0.1) is 0 Å². The average Bonchev–Trinajstić information content (AvgIpc) is 2.88. The Morgan fingerprint density at radius 3 is 1.64 bits per heavy atom. The van der Waals surface area contributed by atoms with Crippen LogP contribution in [-0.2, 0) is 0 Å². The fourth-order valence-corrected chi connectivity index (χ4v) is 3.14. The van der Waals surface area contributed by atoms with Crippen LogP contribution in [0.2, 0.25) is 0 Å². The highest BCUT2D eigenvalue weighted by molar-refractivity contribution is 6.30. The second kappa shape index (κ2) is 3.92. The normalized spacial score (nSPS) is 12.6. The Balaban J connectivity index is 1.96. The van der Waals surface area contributed by atoms with Gasteiger partial charge >= 0.3 is 0 Å². The van der Waals surface area contributed by atoms with Crippen molar-refractivity contribution in [2.75, 3.05) is 0 Å². The molecule has 102 valence electrons. The summed E-state index contributed by atoms with van der Waals surface area (Å²) < 4.78 is 0. The van der Waals surface area contributed by atoms with Crippen molar-refractivity contribution >= 4 is 27.6 Å². The van der Waals surface area contributed by atoms with Crippen LogP contribution in [0.1, 0.15) is 15.9 Å². The van der Waals surface area contributed by atoms with Crippen molar-refractivity contribution < 1.29 is 4.79 Å². The molecule has 0 saturated heterocycles. The van der Waals surface area contributed by atoms with E-state index in [-0.39, 0.29) is 5.78 Å². The maximum absolute atomic E-state index is 13.0. The third-order valence-electron chi connectivity index (χ3n) is 4.12. The van der Waals surface area contributed by atoms with Gasteiger partial charge in [0.25, 0.3) is 0 Å². The van der Waals surface area contributed by atoms with Crippen LogP contribution in [0.25, 0.3) is 32.9 Å². The number of aromatic nitrogens is 4. The zero-order chi connectivity index (χ0) is 14.7. The van der Waals surface area contributed by atoms with E-state index < -0.39 is 0 Å². The summed E-state index contributed by atoms with van der Waals surface area (Å²) in [7, 11) is 0. The van der Waals surface area contributed by atoms with Crippen LogP contribution in [0.4, 0.5) is 0 Å². The molecular formula is C17H8N4O. The highest BCUT2D eigenvalue weighted by Crippen LogP contribution is 2.41. The Bertz CT molecular complexity index is 1020. The zero-order valence-electron chi connectivity index (χ0n) is 11.3. The number of nitrogens with zero attached hydrogens (tertiary/aromatic N) is 4. The summed E-state index contributed by atoms with van der Waals surface area (Å²) >= 11 is 0. The Labute approximate surface area is 124 Å². The van der Waals surface area contributed by atoms with Crippen molar-refractivity contribution in [1.29, 1.82) is 0 Å². The van der Waals surface area contributed by atoms with Crippen LogP contribution in [0.5, 0.6) is 0 Å². The summed E-state index contributed by atoms with van der Waals surface area (Å²) in [6, 6.07) is 11.6. The number of carbonyl (C=O) groups is 1. The molecular weight excluding hydrogens is 276 g/mol. The van der Waals surface area contributed by atoms with E-state index in [4.69, 9.17) is 0 Å². The van der Waals surface area contributed by atoms with E-state index in [1.807, 2.05) is 36.4 Å². The lowest BCUT2D eigenvalue weighted by molar-refractivity contribution is 0.104. The summed E-state index contributed by atoms with van der Waals surface area (Å²) in [5.41, 5.74) is 4.27. The largest absolute Gasteiger partial charge is 0.288 e. The van der Waals surface area contributed by atoms with Crippen molar-refractivity contribution in [2.24, 2.45) is 0 Å². The molecule has 0 unspecified atom stereocenters. The maximum atomic E-state index is 13.0. The van der Waals surface area contributed by atoms with Crippen molar-refractivity contribution in [3.05, 3.63) is 59.9 Å². The quantitative estimate of drug-likeness (QED) is 0.437. The van der Waals surface area contributed by atoms with E-state index >= 15 is 0 Å². The van der Waals surface area contributed by atoms with Gasteiger partial charge in [-0.25, -0.2) is 0 Å². The molecule has 5 nitrogen and oxygen atoms in total. The minimum Gasteiger partial charge on any atom is -0.288 e. The van der Waals surface area contributed by atoms with Gasteiger partial charge in [-0.1, -0.05) is 24.3 Å². The Kier molecular flexibility index (Phi) is 2.04. The summed E-state index contributed by atoms with van der Waals surface area (Å²) in [5.74, 6) is -0.0535. The molecule has 0 atom stereocenters. The minimum absolute atomic E-state index is 0.0535. The first-order chi connectivity index (χ1) is 10.8. The first-order valence-electron chi connectivity index (χ1n) is 6.88. The summed E-state index contributed by atoms with van der Waals surface area (Å²) in [5, 5.41) is 18.0. The number of rotatable bonds is 0. The molecule has 5 rings (SSSR count). The van der Waals surface area contributed by atoms with Gasteiger partial charge in [0, 0.05) is 10.8 Å². The Morgan fingerprint density at radius 2 is 1.14 bits per heavy atom. The lowest BCUT2D eigenvalue weighted by Gasteiger charge is -2.02. The third-order valence-corrected chi connectivity index (χ3v) is 4.12. The third kappa shape index (κ3) is 1.30. The fourth-order valence-electron chi connectivity index (χ4n) is 3.14. The van der Waals surface area contributed by atoms with E-state index in [0.717, 1.165) is 21.9 Å². The van der Waals surface area contributed by atoms with Crippen molar-refractivity contribution in [1.82, 2.24) is 20.4 Å². The topological polar surface area (TPSA) is 68.6 Å². The maximum Gasteiger partial charge on any atom is 0.198 e. The van der Waals surface area contributed by atoms with E-state index in [0.29, 0.717) is 22.2 Å². The van der Waals surface area contributed by atoms with Gasteiger partial charge in [0.05, 0.1) is 23.5 Å². The van der Waals surface area contributed by atoms with Gasteiger partial charge in [0.2, 0.25) is 0 Å². The zero-order valence-corrected chi connectivity index (χ0v) is 11.3. The standard InChI is InChI=1S/C17H8N4O/c22-17-13-11(3-1-9-5-7-18-20-15(9)13)12-4-2-10-6-8-19-21-16(10)14(12)17/h1-8H. The van der Waals surface area contributed by atoms with Gasteiger partial charge < -0.3 is 0 Å². The van der Waals surface area contributed by atoms with Crippen LogP contribution in [-0.4, -0.2) is 26.2 Å². The lowest BCUT2D eigenvalue weighted by atomic mass is 10.0. The van der Waals surface area contributed by atoms with Gasteiger partial charge in [0.15, 0.2) is 5.78 Å². The summed E-state index contributed by atoms with van der Waals surface area (Å²) in [6.07, 6.45) is 3.25. The molecule has 4 aromatic rings. The van der Waals surface area contributed by atoms with E-state index in [9.17, 15) is 4.79 Å². The average molecular weight is 284 g/mol. The highest BCUT2D eigenvalue weighted by Gasteiger charge is 2.31. The van der Waals surface area contributed by atoms with Gasteiger partial charge in [-0.05, 0) is 23.3 Å².